The maximum atomic E-state index is 12.5. The Morgan fingerprint density at radius 1 is 1.21 bits per heavy atom. The normalized spacial score (nSPS) is 16.2. The van der Waals surface area contributed by atoms with E-state index in [4.69, 9.17) is 9.47 Å². The van der Waals surface area contributed by atoms with E-state index < -0.39 is 0 Å². The van der Waals surface area contributed by atoms with Crippen LogP contribution in [0.3, 0.4) is 0 Å². The van der Waals surface area contributed by atoms with Crippen LogP contribution in [0.15, 0.2) is 12.1 Å². The van der Waals surface area contributed by atoms with Crippen LogP contribution in [0.1, 0.15) is 43.4 Å². The molecule has 1 unspecified atom stereocenters. The van der Waals surface area contributed by atoms with Gasteiger partial charge in [0.05, 0.1) is 26.8 Å². The Morgan fingerprint density at radius 2 is 1.82 bits per heavy atom. The number of piperidine rings is 1. The van der Waals surface area contributed by atoms with Crippen LogP contribution in [0.25, 0.3) is 0 Å². The summed E-state index contributed by atoms with van der Waals surface area (Å²) < 4.78 is 10.7. The average molecular weight is 414 g/mol. The fraction of sp³-hybridized carbons (Fsp3) is 0.667. The Kier molecular flexibility index (Phi) is 10.6. The molecule has 0 bridgehead atoms. The molecule has 1 aliphatic heterocycles. The second-order valence-corrected chi connectivity index (χ2v) is 7.46. The Morgan fingerprint density at radius 3 is 2.39 bits per heavy atom. The molecule has 1 saturated heterocycles. The molecule has 1 fully saturated rings. The van der Waals surface area contributed by atoms with Gasteiger partial charge in [-0.2, -0.15) is 0 Å². The molecule has 0 spiro atoms. The molecule has 160 valence electrons. The molecule has 0 aliphatic carbocycles. The van der Waals surface area contributed by atoms with E-state index in [1.54, 1.807) is 14.2 Å². The number of aryl methyl sites for hydroxylation is 1. The van der Waals surface area contributed by atoms with Gasteiger partial charge in [-0.15, -0.1) is 12.4 Å². The van der Waals surface area contributed by atoms with Crippen molar-refractivity contribution in [1.82, 2.24) is 15.5 Å². The first kappa shape index (κ1) is 24.5. The van der Waals surface area contributed by atoms with Crippen LogP contribution in [0.2, 0.25) is 0 Å². The predicted molar refractivity (Wildman–Crippen MR) is 116 cm³/mol. The minimum absolute atomic E-state index is 0. The van der Waals surface area contributed by atoms with E-state index in [2.05, 4.69) is 15.5 Å². The highest BCUT2D eigenvalue weighted by molar-refractivity contribution is 5.85. The number of halogens is 1. The van der Waals surface area contributed by atoms with E-state index in [1.807, 2.05) is 33.0 Å². The highest BCUT2D eigenvalue weighted by Gasteiger charge is 2.22. The molecule has 1 aromatic rings. The number of methoxy groups -OCH3 is 2. The zero-order valence-corrected chi connectivity index (χ0v) is 18.7. The molecule has 1 atom stereocenters. The van der Waals surface area contributed by atoms with E-state index in [0.717, 1.165) is 36.7 Å². The first-order valence-electron chi connectivity index (χ1n) is 9.87. The zero-order valence-electron chi connectivity index (χ0n) is 17.8. The topological polar surface area (TPSA) is 62.8 Å². The summed E-state index contributed by atoms with van der Waals surface area (Å²) in [6.07, 6.45) is 3.59. The minimum Gasteiger partial charge on any atom is -0.493 e. The fourth-order valence-electron chi connectivity index (χ4n) is 3.81. The van der Waals surface area contributed by atoms with Crippen molar-refractivity contribution in [3.8, 4) is 11.5 Å². The quantitative estimate of drug-likeness (QED) is 0.651. The van der Waals surface area contributed by atoms with Gasteiger partial charge < -0.3 is 20.1 Å². The summed E-state index contributed by atoms with van der Waals surface area (Å²) in [5.74, 6) is 2.25. The molecule has 0 radical (unpaired) electrons. The van der Waals surface area contributed by atoms with Crippen molar-refractivity contribution in [3.63, 3.8) is 0 Å². The molecule has 0 saturated carbocycles. The third-order valence-corrected chi connectivity index (χ3v) is 5.49. The van der Waals surface area contributed by atoms with Gasteiger partial charge in [-0.3, -0.25) is 9.69 Å². The lowest BCUT2D eigenvalue weighted by Crippen LogP contribution is -2.42. The van der Waals surface area contributed by atoms with Crippen LogP contribution in [0.4, 0.5) is 0 Å². The molecule has 6 nitrogen and oxygen atoms in total. The second kappa shape index (κ2) is 12.1. The zero-order chi connectivity index (χ0) is 19.8. The molecule has 1 aromatic carbocycles. The standard InChI is InChI=1S/C21H35N3O3.ClH/c1-15-12-19(26-4)20(27-5)13-18(15)16(2)23-21(25)14-24-10-7-17(8-11-24)6-9-22-3;/h12-13,16-17,22H,6-11,14H2,1-5H3,(H,23,25);1H. The summed E-state index contributed by atoms with van der Waals surface area (Å²) in [7, 11) is 5.26. The Bertz CT molecular complexity index is 619. The minimum atomic E-state index is -0.0783. The molecule has 7 heteroatoms. The highest BCUT2D eigenvalue weighted by Crippen LogP contribution is 2.32. The molecule has 1 aliphatic rings. The monoisotopic (exact) mass is 413 g/mol. The Labute approximate surface area is 175 Å². The fourth-order valence-corrected chi connectivity index (χ4v) is 3.81. The van der Waals surface area contributed by atoms with Gasteiger partial charge >= 0.3 is 0 Å². The van der Waals surface area contributed by atoms with Crippen molar-refractivity contribution in [3.05, 3.63) is 23.3 Å². The van der Waals surface area contributed by atoms with Gasteiger partial charge in [-0.1, -0.05) is 0 Å². The molecule has 0 aromatic heterocycles. The summed E-state index contributed by atoms with van der Waals surface area (Å²) in [5.41, 5.74) is 2.12. The lowest BCUT2D eigenvalue weighted by atomic mass is 9.93. The van der Waals surface area contributed by atoms with Crippen LogP contribution in [-0.2, 0) is 4.79 Å². The van der Waals surface area contributed by atoms with E-state index in [9.17, 15) is 4.79 Å². The van der Waals surface area contributed by atoms with Crippen LogP contribution >= 0.6 is 12.4 Å². The van der Waals surface area contributed by atoms with Gasteiger partial charge in [-0.25, -0.2) is 0 Å². The van der Waals surface area contributed by atoms with Gasteiger partial charge in [0.25, 0.3) is 0 Å². The number of rotatable bonds is 9. The highest BCUT2D eigenvalue weighted by atomic mass is 35.5. The van der Waals surface area contributed by atoms with Crippen molar-refractivity contribution < 1.29 is 14.3 Å². The summed E-state index contributed by atoms with van der Waals surface area (Å²) >= 11 is 0. The van der Waals surface area contributed by atoms with Crippen molar-refractivity contribution in [2.75, 3.05) is 47.4 Å². The molecular weight excluding hydrogens is 378 g/mol. The van der Waals surface area contributed by atoms with Gasteiger partial charge in [0.1, 0.15) is 0 Å². The molecule has 1 amide bonds. The summed E-state index contributed by atoms with van der Waals surface area (Å²) in [6, 6.07) is 3.82. The SMILES string of the molecule is CNCCC1CCN(CC(=O)NC(C)c2cc(OC)c(OC)cc2C)CC1.Cl. The largest absolute Gasteiger partial charge is 0.493 e. The second-order valence-electron chi connectivity index (χ2n) is 7.46. The average Bonchev–Trinajstić information content (AvgIpc) is 2.66. The smallest absolute Gasteiger partial charge is 0.234 e. The van der Waals surface area contributed by atoms with Crippen molar-refractivity contribution >= 4 is 18.3 Å². The van der Waals surface area contributed by atoms with Crippen molar-refractivity contribution in [2.45, 2.75) is 39.2 Å². The lowest BCUT2D eigenvalue weighted by Gasteiger charge is -2.31. The number of hydrogen-bond donors (Lipinski definition) is 2. The van der Waals surface area contributed by atoms with Crippen molar-refractivity contribution in [1.29, 1.82) is 0 Å². The number of hydrogen-bond acceptors (Lipinski definition) is 5. The third kappa shape index (κ3) is 6.83. The molecule has 1 heterocycles. The number of benzene rings is 1. The van der Waals surface area contributed by atoms with Gasteiger partial charge in [-0.05, 0) is 89.0 Å². The maximum absolute atomic E-state index is 12.5. The summed E-state index contributed by atoms with van der Waals surface area (Å²) in [6.45, 7) is 7.59. The van der Waals surface area contributed by atoms with Crippen molar-refractivity contribution in [2.24, 2.45) is 5.92 Å². The number of carbonyl (C=O) groups is 1. The number of likely N-dealkylation sites (tertiary alicyclic amines) is 1. The van der Waals surface area contributed by atoms with Crippen LogP contribution in [-0.4, -0.2) is 58.3 Å². The number of nitrogens with one attached hydrogen (secondary N) is 2. The van der Waals surface area contributed by atoms with E-state index in [0.29, 0.717) is 18.0 Å². The Balaban J connectivity index is 0.00000392. The number of nitrogens with zero attached hydrogens (tertiary/aromatic N) is 1. The van der Waals surface area contributed by atoms with Gasteiger partial charge in [0.2, 0.25) is 5.91 Å². The molecular formula is C21H36ClN3O3. The van der Waals surface area contributed by atoms with Crippen LogP contribution < -0.4 is 20.1 Å². The summed E-state index contributed by atoms with van der Waals surface area (Å²) in [4.78, 5) is 14.8. The van der Waals surface area contributed by atoms with E-state index in [1.165, 1.54) is 19.3 Å². The maximum Gasteiger partial charge on any atom is 0.234 e. The summed E-state index contributed by atoms with van der Waals surface area (Å²) in [5, 5.41) is 6.35. The number of amides is 1. The number of ether oxygens (including phenoxy) is 2. The van der Waals surface area contributed by atoms with E-state index in [-0.39, 0.29) is 24.4 Å². The predicted octanol–water partition coefficient (Wildman–Crippen LogP) is 2.93. The van der Waals surface area contributed by atoms with Gasteiger partial charge in [0, 0.05) is 0 Å². The molecule has 28 heavy (non-hydrogen) atoms. The van der Waals surface area contributed by atoms with Crippen LogP contribution in [0.5, 0.6) is 11.5 Å². The first-order valence-corrected chi connectivity index (χ1v) is 9.87. The van der Waals surface area contributed by atoms with E-state index >= 15 is 0 Å². The lowest BCUT2D eigenvalue weighted by molar-refractivity contribution is -0.123. The molecule has 2 rings (SSSR count). The van der Waals surface area contributed by atoms with Crippen LogP contribution in [0, 0.1) is 12.8 Å². The van der Waals surface area contributed by atoms with Gasteiger partial charge in [0.15, 0.2) is 11.5 Å². The first-order chi connectivity index (χ1) is 13.0. The third-order valence-electron chi connectivity index (χ3n) is 5.49. The Hall–Kier alpha value is -1.50. The molecule has 2 N–H and O–H groups in total. The number of carbonyl (C=O) groups excluding carboxylic acids is 1.